The summed E-state index contributed by atoms with van der Waals surface area (Å²) in [5.74, 6) is 0.504. The molecule has 0 bridgehead atoms. The lowest BCUT2D eigenvalue weighted by Crippen LogP contribution is -2.43. The number of amides is 1. The number of likely N-dealkylation sites (N-methyl/N-ethyl adjacent to an activating group) is 1. The first-order valence-corrected chi connectivity index (χ1v) is 13.2. The molecule has 1 aliphatic heterocycles. The fourth-order valence-corrected chi connectivity index (χ4v) is 6.03. The van der Waals surface area contributed by atoms with Crippen molar-refractivity contribution in [3.8, 4) is 5.75 Å². The molecule has 0 saturated heterocycles. The first-order chi connectivity index (χ1) is 18.0. The molecule has 1 aliphatic rings. The van der Waals surface area contributed by atoms with Gasteiger partial charge in [-0.2, -0.15) is 0 Å². The Balaban J connectivity index is 1.87. The summed E-state index contributed by atoms with van der Waals surface area (Å²) in [6.07, 6.45) is 1.88. The number of methoxy groups -OCH3 is 1. The largest absolute Gasteiger partial charge is 0.496 e. The van der Waals surface area contributed by atoms with Gasteiger partial charge in [0.2, 0.25) is 0 Å². The Kier molecular flexibility index (Phi) is 6.80. The van der Waals surface area contributed by atoms with Crippen molar-refractivity contribution >= 4 is 34.1 Å². The van der Waals surface area contributed by atoms with Gasteiger partial charge in [0.1, 0.15) is 11.8 Å². The smallest absolute Gasteiger partial charge is 0.271 e. The molecule has 1 aromatic heterocycles. The lowest BCUT2D eigenvalue weighted by Gasteiger charge is -2.30. The summed E-state index contributed by atoms with van der Waals surface area (Å²) in [4.78, 5) is 35.1. The van der Waals surface area contributed by atoms with Crippen LogP contribution >= 0.6 is 11.3 Å². The molecule has 1 amide bonds. The Morgan fingerprint density at radius 1 is 1.05 bits per heavy atom. The van der Waals surface area contributed by atoms with Crippen molar-refractivity contribution < 1.29 is 9.53 Å². The first kappa shape index (κ1) is 24.7. The number of hydrogen-bond donors (Lipinski definition) is 0. The van der Waals surface area contributed by atoms with Gasteiger partial charge in [0.25, 0.3) is 11.5 Å². The van der Waals surface area contributed by atoms with E-state index in [1.54, 1.807) is 16.6 Å². The van der Waals surface area contributed by atoms with Crippen LogP contribution in [0.2, 0.25) is 0 Å². The second-order valence-electron chi connectivity index (χ2n) is 8.87. The fourth-order valence-electron chi connectivity index (χ4n) is 4.99. The third kappa shape index (κ3) is 4.29. The zero-order valence-electron chi connectivity index (χ0n) is 21.4. The number of benzene rings is 3. The summed E-state index contributed by atoms with van der Waals surface area (Å²) < 4.78 is 8.08. The van der Waals surface area contributed by atoms with Crippen molar-refractivity contribution in [3.05, 3.63) is 109 Å². The van der Waals surface area contributed by atoms with E-state index >= 15 is 0 Å². The Hall–Kier alpha value is -3.97. The molecule has 0 unspecified atom stereocenters. The number of carbonyl (C=O) groups is 1. The summed E-state index contributed by atoms with van der Waals surface area (Å²) in [6.45, 7) is 6.89. The normalized spacial score (nSPS) is 15.5. The van der Waals surface area contributed by atoms with Gasteiger partial charge in [0.05, 0.1) is 22.9 Å². The van der Waals surface area contributed by atoms with E-state index in [-0.39, 0.29) is 11.5 Å². The number of ether oxygens (including phenoxy) is 1. The van der Waals surface area contributed by atoms with Gasteiger partial charge in [-0.25, -0.2) is 4.99 Å². The van der Waals surface area contributed by atoms with Gasteiger partial charge < -0.3 is 9.64 Å². The predicted octanol–water partition coefficient (Wildman–Crippen LogP) is 4.27. The van der Waals surface area contributed by atoms with Crippen LogP contribution in [0.1, 0.15) is 37.9 Å². The average molecular weight is 512 g/mol. The van der Waals surface area contributed by atoms with E-state index in [4.69, 9.17) is 9.73 Å². The molecular weight excluding hydrogens is 482 g/mol. The molecule has 3 aromatic carbocycles. The lowest BCUT2D eigenvalue weighted by atomic mass is 9.90. The third-order valence-corrected chi connectivity index (χ3v) is 7.81. The van der Waals surface area contributed by atoms with Crippen molar-refractivity contribution in [1.29, 1.82) is 0 Å². The Labute approximate surface area is 219 Å². The fraction of sp³-hybridized carbons (Fsp3) is 0.233. The minimum atomic E-state index is -0.677. The molecule has 37 heavy (non-hydrogen) atoms. The zero-order chi connectivity index (χ0) is 26.1. The van der Waals surface area contributed by atoms with E-state index in [9.17, 15) is 9.59 Å². The second-order valence-corrected chi connectivity index (χ2v) is 9.88. The molecule has 0 radical (unpaired) electrons. The maximum absolute atomic E-state index is 14.0. The van der Waals surface area contributed by atoms with E-state index < -0.39 is 6.04 Å². The van der Waals surface area contributed by atoms with Gasteiger partial charge in [0.15, 0.2) is 4.80 Å². The third-order valence-electron chi connectivity index (χ3n) is 6.82. The van der Waals surface area contributed by atoms with Crippen LogP contribution < -0.4 is 19.6 Å². The average Bonchev–Trinajstić information content (AvgIpc) is 3.22. The molecule has 0 aliphatic carbocycles. The van der Waals surface area contributed by atoms with Crippen molar-refractivity contribution in [1.82, 2.24) is 9.47 Å². The van der Waals surface area contributed by atoms with E-state index in [0.717, 1.165) is 21.9 Å². The minimum absolute atomic E-state index is 0.122. The second kappa shape index (κ2) is 10.2. The predicted molar refractivity (Wildman–Crippen MR) is 149 cm³/mol. The summed E-state index contributed by atoms with van der Waals surface area (Å²) in [5, 5.41) is 1.94. The van der Waals surface area contributed by atoms with Crippen LogP contribution in [0.3, 0.4) is 0 Å². The molecule has 188 valence electrons. The highest BCUT2D eigenvalue weighted by Crippen LogP contribution is 2.40. The van der Waals surface area contributed by atoms with E-state index in [0.29, 0.717) is 39.4 Å². The quantitative estimate of drug-likeness (QED) is 0.389. The van der Waals surface area contributed by atoms with Gasteiger partial charge in [-0.1, -0.05) is 72.0 Å². The van der Waals surface area contributed by atoms with Gasteiger partial charge in [-0.3, -0.25) is 14.2 Å². The van der Waals surface area contributed by atoms with Crippen LogP contribution in [-0.4, -0.2) is 35.6 Å². The standard InChI is InChI=1S/C30H29N3O3S/c1-5-32(6-2)29(35)25-19(3)31-30-33(28(34)24(37-30)18-20-12-8-7-9-13-20)27(25)26-22-15-11-10-14-21(22)16-17-23(26)36-4/h7-18,27H,5-6H2,1-4H3/b24-18+/t27-/m1/s1. The summed E-state index contributed by atoms with van der Waals surface area (Å²) in [6, 6.07) is 21.0. The van der Waals surface area contributed by atoms with Crippen molar-refractivity contribution in [2.45, 2.75) is 26.8 Å². The van der Waals surface area contributed by atoms with E-state index in [1.807, 2.05) is 93.6 Å². The van der Waals surface area contributed by atoms with Crippen molar-refractivity contribution in [3.63, 3.8) is 0 Å². The SMILES string of the molecule is CCN(CC)C(=O)C1=C(C)N=c2s/c(=C/c3ccccc3)c(=O)n2[C@H]1c1c(OC)ccc2ccccc12. The molecule has 4 aromatic rings. The molecule has 7 heteroatoms. The molecular formula is C30H29N3O3S. The molecule has 0 N–H and O–H groups in total. The zero-order valence-corrected chi connectivity index (χ0v) is 22.2. The number of fused-ring (bicyclic) bond motifs is 2. The van der Waals surface area contributed by atoms with Crippen LogP contribution in [0.15, 0.2) is 87.8 Å². The van der Waals surface area contributed by atoms with Crippen LogP contribution in [-0.2, 0) is 4.79 Å². The minimum Gasteiger partial charge on any atom is -0.496 e. The number of hydrogen-bond acceptors (Lipinski definition) is 5. The highest BCUT2D eigenvalue weighted by molar-refractivity contribution is 7.07. The molecule has 2 heterocycles. The van der Waals surface area contributed by atoms with E-state index in [1.165, 1.54) is 11.3 Å². The molecule has 6 nitrogen and oxygen atoms in total. The number of allylic oxidation sites excluding steroid dienone is 1. The van der Waals surface area contributed by atoms with Crippen LogP contribution in [0.5, 0.6) is 5.75 Å². The van der Waals surface area contributed by atoms with Crippen LogP contribution in [0.4, 0.5) is 0 Å². The first-order valence-electron chi connectivity index (χ1n) is 12.4. The monoisotopic (exact) mass is 511 g/mol. The molecule has 1 atom stereocenters. The van der Waals surface area contributed by atoms with Crippen molar-refractivity contribution in [2.24, 2.45) is 4.99 Å². The summed E-state index contributed by atoms with van der Waals surface area (Å²) in [5.41, 5.74) is 2.66. The molecule has 0 spiro atoms. The lowest BCUT2D eigenvalue weighted by molar-refractivity contribution is -0.127. The Morgan fingerprint density at radius 3 is 2.46 bits per heavy atom. The Morgan fingerprint density at radius 2 is 1.76 bits per heavy atom. The number of rotatable bonds is 6. The number of carbonyl (C=O) groups excluding carboxylic acids is 1. The van der Waals surface area contributed by atoms with Gasteiger partial charge in [-0.05, 0) is 49.2 Å². The van der Waals surface area contributed by atoms with Gasteiger partial charge >= 0.3 is 0 Å². The summed E-state index contributed by atoms with van der Waals surface area (Å²) >= 11 is 1.34. The molecule has 0 fully saturated rings. The Bertz CT molecular complexity index is 1700. The highest BCUT2D eigenvalue weighted by atomic mass is 32.1. The van der Waals surface area contributed by atoms with E-state index in [2.05, 4.69) is 0 Å². The number of nitrogens with zero attached hydrogens (tertiary/aromatic N) is 3. The maximum atomic E-state index is 14.0. The van der Waals surface area contributed by atoms with Gasteiger partial charge in [-0.15, -0.1) is 0 Å². The number of aromatic nitrogens is 1. The van der Waals surface area contributed by atoms with Crippen LogP contribution in [0.25, 0.3) is 16.8 Å². The molecule has 5 rings (SSSR count). The highest BCUT2D eigenvalue weighted by Gasteiger charge is 2.36. The van der Waals surface area contributed by atoms with Gasteiger partial charge in [0, 0.05) is 18.7 Å². The van der Waals surface area contributed by atoms with Crippen LogP contribution in [0, 0.1) is 0 Å². The molecule has 0 saturated carbocycles. The summed E-state index contributed by atoms with van der Waals surface area (Å²) in [7, 11) is 1.62. The van der Waals surface area contributed by atoms with Crippen molar-refractivity contribution in [2.75, 3.05) is 20.2 Å². The maximum Gasteiger partial charge on any atom is 0.271 e. The topological polar surface area (TPSA) is 63.9 Å². The number of thiazole rings is 1.